The van der Waals surface area contributed by atoms with Crippen LogP contribution in [0.25, 0.3) is 0 Å². The SMILES string of the molecule is C/C=C(F)\C=C(/C)CCC.CC.CC. The Morgan fingerprint density at radius 3 is 1.86 bits per heavy atom. The topological polar surface area (TPSA) is 0 Å². The van der Waals surface area contributed by atoms with Gasteiger partial charge in [-0.15, -0.1) is 0 Å². The van der Waals surface area contributed by atoms with Gasteiger partial charge in [-0.1, -0.05) is 52.7 Å². The van der Waals surface area contributed by atoms with Crippen LogP contribution in [0.1, 0.15) is 61.3 Å². The van der Waals surface area contributed by atoms with E-state index in [1.807, 2.05) is 34.6 Å². The minimum absolute atomic E-state index is 0.133. The van der Waals surface area contributed by atoms with Gasteiger partial charge in [-0.25, -0.2) is 4.39 Å². The largest absolute Gasteiger partial charge is 0.207 e. The van der Waals surface area contributed by atoms with Gasteiger partial charge in [0.05, 0.1) is 0 Å². The maximum absolute atomic E-state index is 12.5. The molecule has 0 bridgehead atoms. The van der Waals surface area contributed by atoms with Gasteiger partial charge in [0, 0.05) is 0 Å². The standard InChI is InChI=1S/C9H15F.2C2H6/c1-4-6-8(3)7-9(10)5-2;2*1-2/h5,7H,4,6H2,1-3H3;2*1-2H3/b8-7+,9-5+;;. The van der Waals surface area contributed by atoms with Gasteiger partial charge in [-0.3, -0.25) is 0 Å². The highest BCUT2D eigenvalue weighted by molar-refractivity contribution is 5.15. The number of rotatable bonds is 3. The molecule has 0 rings (SSSR count). The fourth-order valence-corrected chi connectivity index (χ4v) is 0.785. The van der Waals surface area contributed by atoms with Crippen molar-refractivity contribution in [2.75, 3.05) is 0 Å². The molecule has 0 N–H and O–H groups in total. The number of hydrogen-bond donors (Lipinski definition) is 0. The molecule has 0 nitrogen and oxygen atoms in total. The summed E-state index contributed by atoms with van der Waals surface area (Å²) >= 11 is 0. The minimum atomic E-state index is -0.133. The fourth-order valence-electron chi connectivity index (χ4n) is 0.785. The molecule has 0 aliphatic carbocycles. The van der Waals surface area contributed by atoms with Crippen LogP contribution in [-0.4, -0.2) is 0 Å². The minimum Gasteiger partial charge on any atom is -0.207 e. The van der Waals surface area contributed by atoms with Crippen LogP contribution in [0, 0.1) is 0 Å². The summed E-state index contributed by atoms with van der Waals surface area (Å²) in [7, 11) is 0. The quantitative estimate of drug-likeness (QED) is 0.518. The predicted molar refractivity (Wildman–Crippen MR) is 66.2 cm³/mol. The highest BCUT2D eigenvalue weighted by Gasteiger charge is 1.89. The van der Waals surface area contributed by atoms with Crippen molar-refractivity contribution in [3.05, 3.63) is 23.6 Å². The molecule has 0 aromatic carbocycles. The zero-order chi connectivity index (χ0) is 12.0. The summed E-state index contributed by atoms with van der Waals surface area (Å²) < 4.78 is 12.5. The van der Waals surface area contributed by atoms with Crippen molar-refractivity contribution in [1.82, 2.24) is 0 Å². The molecule has 0 atom stereocenters. The molecule has 0 aliphatic heterocycles. The Kier molecular flexibility index (Phi) is 24.8. The van der Waals surface area contributed by atoms with Crippen LogP contribution in [-0.2, 0) is 0 Å². The first kappa shape index (κ1) is 19.1. The van der Waals surface area contributed by atoms with E-state index in [1.54, 1.807) is 13.0 Å². The van der Waals surface area contributed by atoms with Crippen molar-refractivity contribution >= 4 is 0 Å². The number of hydrogen-bond acceptors (Lipinski definition) is 0. The maximum Gasteiger partial charge on any atom is 0.118 e. The molecule has 0 aromatic heterocycles. The Hall–Kier alpha value is -0.590. The summed E-state index contributed by atoms with van der Waals surface area (Å²) in [5, 5.41) is 0. The average Bonchev–Trinajstić information content (AvgIpc) is 2.24. The van der Waals surface area contributed by atoms with E-state index in [1.165, 1.54) is 6.08 Å². The third-order valence-electron chi connectivity index (χ3n) is 1.30. The molecular weight excluding hydrogens is 175 g/mol. The van der Waals surface area contributed by atoms with Crippen molar-refractivity contribution in [3.63, 3.8) is 0 Å². The van der Waals surface area contributed by atoms with E-state index in [0.717, 1.165) is 18.4 Å². The summed E-state index contributed by atoms with van der Waals surface area (Å²) in [6.45, 7) is 13.7. The van der Waals surface area contributed by atoms with Crippen LogP contribution < -0.4 is 0 Å². The summed E-state index contributed by atoms with van der Waals surface area (Å²) in [6.07, 6.45) is 5.13. The molecule has 0 spiro atoms. The lowest BCUT2D eigenvalue weighted by molar-refractivity contribution is 0.661. The zero-order valence-corrected chi connectivity index (χ0v) is 10.9. The Balaban J connectivity index is -0.000000266. The maximum atomic E-state index is 12.5. The van der Waals surface area contributed by atoms with E-state index in [9.17, 15) is 4.39 Å². The molecule has 14 heavy (non-hydrogen) atoms. The van der Waals surface area contributed by atoms with Gasteiger partial charge >= 0.3 is 0 Å². The molecule has 0 radical (unpaired) electrons. The van der Waals surface area contributed by atoms with E-state index < -0.39 is 0 Å². The van der Waals surface area contributed by atoms with Crippen LogP contribution >= 0.6 is 0 Å². The summed E-state index contributed by atoms with van der Waals surface area (Å²) in [4.78, 5) is 0. The van der Waals surface area contributed by atoms with Crippen molar-refractivity contribution in [2.45, 2.75) is 61.3 Å². The van der Waals surface area contributed by atoms with E-state index in [-0.39, 0.29) is 5.83 Å². The molecule has 1 heteroatoms. The number of halogens is 1. The van der Waals surface area contributed by atoms with Gasteiger partial charge < -0.3 is 0 Å². The lowest BCUT2D eigenvalue weighted by Crippen LogP contribution is -1.75. The molecule has 0 saturated carbocycles. The van der Waals surface area contributed by atoms with Gasteiger partial charge in [0.25, 0.3) is 0 Å². The van der Waals surface area contributed by atoms with Gasteiger partial charge in [-0.2, -0.15) is 0 Å². The van der Waals surface area contributed by atoms with E-state index in [0.29, 0.717) is 0 Å². The van der Waals surface area contributed by atoms with Crippen LogP contribution in [0.5, 0.6) is 0 Å². The van der Waals surface area contributed by atoms with E-state index in [2.05, 4.69) is 6.92 Å². The van der Waals surface area contributed by atoms with Gasteiger partial charge in [0.2, 0.25) is 0 Å². The highest BCUT2D eigenvalue weighted by Crippen LogP contribution is 2.08. The Morgan fingerprint density at radius 2 is 1.57 bits per heavy atom. The summed E-state index contributed by atoms with van der Waals surface area (Å²) in [5.74, 6) is -0.133. The van der Waals surface area contributed by atoms with Gasteiger partial charge in [0.15, 0.2) is 0 Å². The second-order valence-corrected chi connectivity index (χ2v) is 2.41. The van der Waals surface area contributed by atoms with E-state index >= 15 is 0 Å². The second-order valence-electron chi connectivity index (χ2n) is 2.41. The number of allylic oxidation sites excluding steroid dienone is 4. The van der Waals surface area contributed by atoms with Crippen LogP contribution in [0.4, 0.5) is 4.39 Å². The van der Waals surface area contributed by atoms with Crippen molar-refractivity contribution in [1.29, 1.82) is 0 Å². The second kappa shape index (κ2) is 18.2. The first-order chi connectivity index (χ1) is 6.70. The Labute approximate surface area is 89.9 Å². The Bertz CT molecular complexity index is 143. The smallest absolute Gasteiger partial charge is 0.118 e. The zero-order valence-electron chi connectivity index (χ0n) is 10.9. The van der Waals surface area contributed by atoms with Crippen LogP contribution in [0.3, 0.4) is 0 Å². The molecule has 0 unspecified atom stereocenters. The lowest BCUT2D eigenvalue weighted by atomic mass is 10.1. The van der Waals surface area contributed by atoms with Crippen molar-refractivity contribution in [2.24, 2.45) is 0 Å². The Morgan fingerprint density at radius 1 is 1.14 bits per heavy atom. The first-order valence-electron chi connectivity index (χ1n) is 5.69. The highest BCUT2D eigenvalue weighted by atomic mass is 19.1. The molecular formula is C13H27F. The normalized spacial score (nSPS) is 10.9. The van der Waals surface area contributed by atoms with Gasteiger partial charge in [0.1, 0.15) is 5.83 Å². The molecule has 0 amide bonds. The lowest BCUT2D eigenvalue weighted by Gasteiger charge is -1.94. The van der Waals surface area contributed by atoms with Crippen LogP contribution in [0.15, 0.2) is 23.6 Å². The molecule has 0 aliphatic rings. The molecule has 0 fully saturated rings. The van der Waals surface area contributed by atoms with Crippen LogP contribution in [0.2, 0.25) is 0 Å². The van der Waals surface area contributed by atoms with Gasteiger partial charge in [-0.05, 0) is 26.3 Å². The molecule has 86 valence electrons. The molecule has 0 aromatic rings. The van der Waals surface area contributed by atoms with E-state index in [4.69, 9.17) is 0 Å². The summed E-state index contributed by atoms with van der Waals surface area (Å²) in [5.41, 5.74) is 1.11. The molecule has 0 saturated heterocycles. The first-order valence-corrected chi connectivity index (χ1v) is 5.69. The average molecular weight is 202 g/mol. The third-order valence-corrected chi connectivity index (χ3v) is 1.30. The monoisotopic (exact) mass is 202 g/mol. The molecule has 0 heterocycles. The van der Waals surface area contributed by atoms with Crippen molar-refractivity contribution < 1.29 is 4.39 Å². The third kappa shape index (κ3) is 17.5. The predicted octanol–water partition coefficient (Wildman–Crippen LogP) is 5.66. The summed E-state index contributed by atoms with van der Waals surface area (Å²) in [6, 6.07) is 0. The fraction of sp³-hybridized carbons (Fsp3) is 0.692. The van der Waals surface area contributed by atoms with Crippen molar-refractivity contribution in [3.8, 4) is 0 Å².